The minimum absolute atomic E-state index is 0.00524. The molecule has 0 aliphatic carbocycles. The number of nitrogens with one attached hydrogen (secondary N) is 1. The monoisotopic (exact) mass is 533 g/mol. The molecule has 11 heteroatoms. The summed E-state index contributed by atoms with van der Waals surface area (Å²) in [5.41, 5.74) is 1.91. The Balaban J connectivity index is 1.43. The van der Waals surface area contributed by atoms with Crippen molar-refractivity contribution in [2.75, 3.05) is 18.5 Å². The quantitative estimate of drug-likeness (QED) is 0.213. The van der Waals surface area contributed by atoms with Crippen LogP contribution in [0.1, 0.15) is 18.1 Å². The number of carbonyl (C=O) groups excluding carboxylic acids is 3. The first-order chi connectivity index (χ1) is 18.3. The van der Waals surface area contributed by atoms with E-state index in [-0.39, 0.29) is 17.2 Å². The van der Waals surface area contributed by atoms with E-state index in [2.05, 4.69) is 5.32 Å². The summed E-state index contributed by atoms with van der Waals surface area (Å²) < 4.78 is 11.5. The van der Waals surface area contributed by atoms with Gasteiger partial charge in [-0.1, -0.05) is 24.3 Å². The molecule has 0 unspecified atom stereocenters. The lowest BCUT2D eigenvalue weighted by atomic mass is 10.1. The number of para-hydroxylation sites is 1. The van der Waals surface area contributed by atoms with Gasteiger partial charge in [0.05, 0.1) is 16.4 Å². The Bertz CT molecular complexity index is 1390. The largest absolute Gasteiger partial charge is 0.490 e. The molecule has 3 amide bonds. The van der Waals surface area contributed by atoms with E-state index < -0.39 is 28.5 Å². The molecule has 1 N–H and O–H groups in total. The minimum atomic E-state index is -0.556. The minimum Gasteiger partial charge on any atom is -0.490 e. The van der Waals surface area contributed by atoms with Crippen LogP contribution in [0.15, 0.2) is 77.7 Å². The lowest BCUT2D eigenvalue weighted by Crippen LogP contribution is -2.36. The average Bonchev–Trinajstić information content (AvgIpc) is 3.16. The van der Waals surface area contributed by atoms with E-state index >= 15 is 0 Å². The fourth-order valence-electron chi connectivity index (χ4n) is 3.53. The zero-order valence-corrected chi connectivity index (χ0v) is 21.1. The molecule has 194 valence electrons. The maximum Gasteiger partial charge on any atom is 0.294 e. The molecule has 0 radical (unpaired) electrons. The molecule has 0 bridgehead atoms. The highest BCUT2D eigenvalue weighted by Gasteiger charge is 2.36. The van der Waals surface area contributed by atoms with Crippen molar-refractivity contribution in [3.05, 3.63) is 98.9 Å². The second-order valence-electron chi connectivity index (χ2n) is 8.03. The number of imide groups is 1. The highest BCUT2D eigenvalue weighted by atomic mass is 32.2. The molecule has 0 saturated carbocycles. The van der Waals surface area contributed by atoms with Gasteiger partial charge in [0.25, 0.3) is 16.8 Å². The molecule has 0 spiro atoms. The van der Waals surface area contributed by atoms with E-state index in [9.17, 15) is 24.5 Å². The predicted octanol–water partition coefficient (Wildman–Crippen LogP) is 5.25. The van der Waals surface area contributed by atoms with Gasteiger partial charge in [0.15, 0.2) is 11.5 Å². The number of anilines is 1. The summed E-state index contributed by atoms with van der Waals surface area (Å²) in [6.07, 6.45) is 1.56. The highest BCUT2D eigenvalue weighted by molar-refractivity contribution is 8.18. The number of nitrogens with zero attached hydrogens (tertiary/aromatic N) is 2. The van der Waals surface area contributed by atoms with Gasteiger partial charge in [-0.25, -0.2) is 0 Å². The third-order valence-corrected chi connectivity index (χ3v) is 6.25. The smallest absolute Gasteiger partial charge is 0.294 e. The second kappa shape index (κ2) is 12.1. The summed E-state index contributed by atoms with van der Waals surface area (Å²) in [6.45, 7) is 1.96. The zero-order chi connectivity index (χ0) is 27.1. The lowest BCUT2D eigenvalue weighted by molar-refractivity contribution is -0.384. The fraction of sp³-hybridized carbons (Fsp3) is 0.148. The van der Waals surface area contributed by atoms with Crippen LogP contribution in [0.25, 0.3) is 6.08 Å². The normalized spacial score (nSPS) is 14.0. The van der Waals surface area contributed by atoms with Gasteiger partial charge in [-0.15, -0.1) is 0 Å². The molecule has 10 nitrogen and oxygen atoms in total. The van der Waals surface area contributed by atoms with Crippen LogP contribution in [-0.4, -0.2) is 40.0 Å². The summed E-state index contributed by atoms with van der Waals surface area (Å²) in [7, 11) is 0. The highest BCUT2D eigenvalue weighted by Crippen LogP contribution is 2.35. The molecule has 1 aliphatic rings. The number of thioether (sulfide) groups is 1. The number of hydrogen-bond donors (Lipinski definition) is 1. The van der Waals surface area contributed by atoms with Crippen LogP contribution in [0.4, 0.5) is 16.2 Å². The number of nitro groups is 1. The molecule has 1 fully saturated rings. The van der Waals surface area contributed by atoms with Crippen LogP contribution in [-0.2, 0) is 16.2 Å². The SMILES string of the molecule is CCOc1cc(/C=C2\SC(=O)N(CC(=O)Nc3ccccc3)C2=O)ccc1OCc1ccc([N+](=O)[O-])cc1. The molecule has 0 aromatic heterocycles. The second-order valence-corrected chi connectivity index (χ2v) is 9.03. The summed E-state index contributed by atoms with van der Waals surface area (Å²) in [4.78, 5) is 49.1. The predicted molar refractivity (Wildman–Crippen MR) is 143 cm³/mol. The van der Waals surface area contributed by atoms with Crippen molar-refractivity contribution in [2.24, 2.45) is 0 Å². The standard InChI is InChI=1S/C27H23N3O7S/c1-2-36-23-14-19(10-13-22(23)37-17-18-8-11-21(12-9-18)30(34)35)15-24-26(32)29(27(33)38-24)16-25(31)28-20-6-4-3-5-7-20/h3-15H,2,16-17H2,1H3,(H,28,31)/b24-15-. The Hall–Kier alpha value is -4.64. The van der Waals surface area contributed by atoms with Crippen molar-refractivity contribution in [1.82, 2.24) is 4.90 Å². The van der Waals surface area contributed by atoms with Crippen molar-refractivity contribution >= 4 is 46.3 Å². The third kappa shape index (κ3) is 6.56. The molecular weight excluding hydrogens is 510 g/mol. The van der Waals surface area contributed by atoms with Crippen LogP contribution in [0.5, 0.6) is 11.5 Å². The molecular formula is C27H23N3O7S. The molecule has 1 heterocycles. The molecule has 38 heavy (non-hydrogen) atoms. The van der Waals surface area contributed by atoms with E-state index in [1.54, 1.807) is 60.7 Å². The maximum absolute atomic E-state index is 12.8. The van der Waals surface area contributed by atoms with Gasteiger partial charge >= 0.3 is 0 Å². The summed E-state index contributed by atoms with van der Waals surface area (Å²) in [5.74, 6) is -0.148. The van der Waals surface area contributed by atoms with Gasteiger partial charge in [-0.3, -0.25) is 29.4 Å². The first-order valence-corrected chi connectivity index (χ1v) is 12.4. The van der Waals surface area contributed by atoms with Crippen molar-refractivity contribution < 1.29 is 28.8 Å². The molecule has 3 aromatic carbocycles. The number of benzene rings is 3. The number of nitro benzene ring substituents is 1. The number of ether oxygens (including phenoxy) is 2. The van der Waals surface area contributed by atoms with E-state index in [0.717, 1.165) is 22.2 Å². The van der Waals surface area contributed by atoms with Crippen molar-refractivity contribution in [3.63, 3.8) is 0 Å². The number of amides is 3. The van der Waals surface area contributed by atoms with Crippen LogP contribution in [0, 0.1) is 10.1 Å². The van der Waals surface area contributed by atoms with Gasteiger partial charge in [0.2, 0.25) is 5.91 Å². The number of carbonyl (C=O) groups is 3. The van der Waals surface area contributed by atoms with E-state index in [1.165, 1.54) is 12.1 Å². The summed E-state index contributed by atoms with van der Waals surface area (Å²) >= 11 is 0.758. The number of hydrogen-bond acceptors (Lipinski definition) is 8. The van der Waals surface area contributed by atoms with Crippen LogP contribution < -0.4 is 14.8 Å². The van der Waals surface area contributed by atoms with E-state index in [4.69, 9.17) is 9.47 Å². The molecule has 1 saturated heterocycles. The van der Waals surface area contributed by atoms with Crippen molar-refractivity contribution in [1.29, 1.82) is 0 Å². The topological polar surface area (TPSA) is 128 Å². The maximum atomic E-state index is 12.8. The van der Waals surface area contributed by atoms with Crippen molar-refractivity contribution in [3.8, 4) is 11.5 Å². The summed E-state index contributed by atoms with van der Waals surface area (Å²) in [6, 6.07) is 19.9. The lowest BCUT2D eigenvalue weighted by Gasteiger charge is -2.13. The van der Waals surface area contributed by atoms with Gasteiger partial charge in [-0.05, 0) is 72.3 Å². The number of rotatable bonds is 10. The molecule has 3 aromatic rings. The Kier molecular flexibility index (Phi) is 8.39. The van der Waals surface area contributed by atoms with Gasteiger partial charge in [0, 0.05) is 17.8 Å². The van der Waals surface area contributed by atoms with Gasteiger partial charge in [0.1, 0.15) is 13.2 Å². The Morgan fingerprint density at radius 2 is 1.76 bits per heavy atom. The van der Waals surface area contributed by atoms with E-state index in [0.29, 0.717) is 29.4 Å². The Morgan fingerprint density at radius 1 is 1.03 bits per heavy atom. The molecule has 4 rings (SSSR count). The van der Waals surface area contributed by atoms with Crippen LogP contribution >= 0.6 is 11.8 Å². The van der Waals surface area contributed by atoms with Crippen molar-refractivity contribution in [2.45, 2.75) is 13.5 Å². The molecule has 1 aliphatic heterocycles. The van der Waals surface area contributed by atoms with Gasteiger partial charge in [-0.2, -0.15) is 0 Å². The zero-order valence-electron chi connectivity index (χ0n) is 20.3. The summed E-state index contributed by atoms with van der Waals surface area (Å²) in [5, 5.41) is 13.0. The van der Waals surface area contributed by atoms with Crippen LogP contribution in [0.3, 0.4) is 0 Å². The fourth-order valence-corrected chi connectivity index (χ4v) is 4.37. The third-order valence-electron chi connectivity index (χ3n) is 5.34. The van der Waals surface area contributed by atoms with Crippen LogP contribution in [0.2, 0.25) is 0 Å². The Morgan fingerprint density at radius 3 is 2.45 bits per heavy atom. The Labute approximate surface area is 222 Å². The first-order valence-electron chi connectivity index (χ1n) is 11.6. The van der Waals surface area contributed by atoms with E-state index in [1.807, 2.05) is 13.0 Å². The first kappa shape index (κ1) is 26.4. The van der Waals surface area contributed by atoms with Gasteiger partial charge < -0.3 is 14.8 Å². The average molecular weight is 534 g/mol. The molecule has 0 atom stereocenters. The number of non-ortho nitro benzene ring substituents is 1.